The smallest absolute Gasteiger partial charge is 0.306 e. The summed E-state index contributed by atoms with van der Waals surface area (Å²) in [5.74, 6) is 0.241. The lowest BCUT2D eigenvalue weighted by atomic mass is 9.74. The molecule has 0 saturated heterocycles. The van der Waals surface area contributed by atoms with E-state index in [-0.39, 0.29) is 17.4 Å². The maximum atomic E-state index is 12.2. The van der Waals surface area contributed by atoms with Crippen LogP contribution in [0.4, 0.5) is 0 Å². The normalized spacial score (nSPS) is 11.8. The standard InChI is InChI=1S/C19H36O4/c1-7-9-10-19(8-2,11-17(20)22-13-15(3)4)12-18(21)23-14-16(5)6/h15-16H,7-14H2,1-6H3. The molecule has 0 radical (unpaired) electrons. The lowest BCUT2D eigenvalue weighted by molar-refractivity contribution is -0.152. The molecule has 0 aromatic heterocycles. The zero-order valence-electron chi connectivity index (χ0n) is 15.9. The lowest BCUT2D eigenvalue weighted by Crippen LogP contribution is -2.30. The first kappa shape index (κ1) is 21.9. The third-order valence-corrected chi connectivity index (χ3v) is 4.00. The van der Waals surface area contributed by atoms with Gasteiger partial charge in [-0.15, -0.1) is 0 Å². The molecular formula is C19H36O4. The van der Waals surface area contributed by atoms with Crippen LogP contribution in [-0.2, 0) is 19.1 Å². The van der Waals surface area contributed by atoms with Gasteiger partial charge in [0, 0.05) is 0 Å². The highest BCUT2D eigenvalue weighted by molar-refractivity contribution is 5.74. The molecule has 0 saturated carbocycles. The van der Waals surface area contributed by atoms with Gasteiger partial charge in [-0.3, -0.25) is 9.59 Å². The van der Waals surface area contributed by atoms with Crippen LogP contribution in [0.3, 0.4) is 0 Å². The molecule has 0 aromatic carbocycles. The first-order valence-electron chi connectivity index (χ1n) is 9.06. The van der Waals surface area contributed by atoms with Crippen molar-refractivity contribution in [2.75, 3.05) is 13.2 Å². The molecule has 136 valence electrons. The van der Waals surface area contributed by atoms with E-state index < -0.39 is 0 Å². The second-order valence-electron chi connectivity index (χ2n) is 7.46. The summed E-state index contributed by atoms with van der Waals surface area (Å²) in [6.45, 7) is 13.1. The SMILES string of the molecule is CCCCC(CC)(CC(=O)OCC(C)C)CC(=O)OCC(C)C. The molecule has 0 aromatic rings. The van der Waals surface area contributed by atoms with E-state index in [4.69, 9.17) is 9.47 Å². The quantitative estimate of drug-likeness (QED) is 0.485. The molecule has 0 aliphatic heterocycles. The Bertz CT molecular complexity index is 321. The lowest BCUT2D eigenvalue weighted by Gasteiger charge is -2.31. The van der Waals surface area contributed by atoms with Gasteiger partial charge in [0.15, 0.2) is 0 Å². The van der Waals surface area contributed by atoms with Crippen molar-refractivity contribution >= 4 is 11.9 Å². The molecule has 0 unspecified atom stereocenters. The molecule has 23 heavy (non-hydrogen) atoms. The van der Waals surface area contributed by atoms with Crippen LogP contribution in [-0.4, -0.2) is 25.2 Å². The Balaban J connectivity index is 4.78. The van der Waals surface area contributed by atoms with Crippen LogP contribution in [0.5, 0.6) is 0 Å². The van der Waals surface area contributed by atoms with Gasteiger partial charge < -0.3 is 9.47 Å². The highest BCUT2D eigenvalue weighted by atomic mass is 16.5. The average Bonchev–Trinajstić information content (AvgIpc) is 2.48. The molecule has 4 nitrogen and oxygen atoms in total. The van der Waals surface area contributed by atoms with E-state index in [9.17, 15) is 9.59 Å². The molecule has 0 aliphatic rings. The molecular weight excluding hydrogens is 292 g/mol. The molecule has 0 amide bonds. The van der Waals surface area contributed by atoms with Crippen molar-refractivity contribution in [3.8, 4) is 0 Å². The summed E-state index contributed by atoms with van der Waals surface area (Å²) < 4.78 is 10.7. The topological polar surface area (TPSA) is 52.6 Å². The van der Waals surface area contributed by atoms with Gasteiger partial charge in [0.2, 0.25) is 0 Å². The summed E-state index contributed by atoms with van der Waals surface area (Å²) in [6, 6.07) is 0. The van der Waals surface area contributed by atoms with Crippen LogP contribution < -0.4 is 0 Å². The minimum atomic E-state index is -0.335. The third-order valence-electron chi connectivity index (χ3n) is 4.00. The molecule has 0 aliphatic carbocycles. The Labute approximate surface area is 142 Å². The number of ether oxygens (including phenoxy) is 2. The highest BCUT2D eigenvalue weighted by Crippen LogP contribution is 2.37. The van der Waals surface area contributed by atoms with Crippen molar-refractivity contribution in [3.05, 3.63) is 0 Å². The maximum absolute atomic E-state index is 12.2. The summed E-state index contributed by atoms with van der Waals surface area (Å²) in [5, 5.41) is 0. The highest BCUT2D eigenvalue weighted by Gasteiger charge is 2.34. The van der Waals surface area contributed by atoms with E-state index in [1.807, 2.05) is 34.6 Å². The van der Waals surface area contributed by atoms with E-state index in [0.29, 0.717) is 37.9 Å². The van der Waals surface area contributed by atoms with Gasteiger partial charge in [0.05, 0.1) is 26.1 Å². The van der Waals surface area contributed by atoms with Crippen molar-refractivity contribution in [3.63, 3.8) is 0 Å². The summed E-state index contributed by atoms with van der Waals surface area (Å²) >= 11 is 0. The van der Waals surface area contributed by atoms with Crippen molar-refractivity contribution in [1.82, 2.24) is 0 Å². The zero-order chi connectivity index (χ0) is 17.9. The Morgan fingerprint density at radius 2 is 1.30 bits per heavy atom. The van der Waals surface area contributed by atoms with Crippen LogP contribution >= 0.6 is 0 Å². The molecule has 4 heteroatoms. The van der Waals surface area contributed by atoms with E-state index in [0.717, 1.165) is 25.7 Å². The number of hydrogen-bond acceptors (Lipinski definition) is 4. The molecule has 0 N–H and O–H groups in total. The van der Waals surface area contributed by atoms with Crippen molar-refractivity contribution < 1.29 is 19.1 Å². The predicted molar refractivity (Wildman–Crippen MR) is 93.1 cm³/mol. The maximum Gasteiger partial charge on any atom is 0.306 e. The van der Waals surface area contributed by atoms with E-state index in [1.165, 1.54) is 0 Å². The zero-order valence-corrected chi connectivity index (χ0v) is 15.9. The fourth-order valence-corrected chi connectivity index (χ4v) is 2.45. The summed E-state index contributed by atoms with van der Waals surface area (Å²) in [6.07, 6.45) is 4.28. The minimum absolute atomic E-state index is 0.201. The average molecular weight is 328 g/mol. The van der Waals surface area contributed by atoms with Gasteiger partial charge in [0.1, 0.15) is 0 Å². The number of rotatable bonds is 12. The van der Waals surface area contributed by atoms with E-state index in [2.05, 4.69) is 6.92 Å². The van der Waals surface area contributed by atoms with Crippen molar-refractivity contribution in [2.24, 2.45) is 17.3 Å². The fourth-order valence-electron chi connectivity index (χ4n) is 2.45. The summed E-state index contributed by atoms with van der Waals surface area (Å²) in [7, 11) is 0. The van der Waals surface area contributed by atoms with Gasteiger partial charge in [-0.25, -0.2) is 0 Å². The summed E-state index contributed by atoms with van der Waals surface area (Å²) in [5.41, 5.74) is -0.335. The third kappa shape index (κ3) is 10.4. The molecule has 0 bridgehead atoms. The Morgan fingerprint density at radius 3 is 1.61 bits per heavy atom. The first-order chi connectivity index (χ1) is 10.7. The van der Waals surface area contributed by atoms with Crippen LogP contribution in [0.1, 0.15) is 80.1 Å². The van der Waals surface area contributed by atoms with E-state index in [1.54, 1.807) is 0 Å². The molecule has 0 atom stereocenters. The number of esters is 2. The largest absolute Gasteiger partial charge is 0.465 e. The van der Waals surface area contributed by atoms with Gasteiger partial charge >= 0.3 is 11.9 Å². The summed E-state index contributed by atoms with van der Waals surface area (Å²) in [4.78, 5) is 24.3. The van der Waals surface area contributed by atoms with Gasteiger partial charge in [-0.2, -0.15) is 0 Å². The monoisotopic (exact) mass is 328 g/mol. The van der Waals surface area contributed by atoms with Crippen LogP contribution in [0.2, 0.25) is 0 Å². The molecule has 0 rings (SSSR count). The second-order valence-corrected chi connectivity index (χ2v) is 7.46. The minimum Gasteiger partial charge on any atom is -0.465 e. The van der Waals surface area contributed by atoms with Crippen molar-refractivity contribution in [2.45, 2.75) is 80.1 Å². The van der Waals surface area contributed by atoms with E-state index >= 15 is 0 Å². The Kier molecular flexibility index (Phi) is 10.9. The van der Waals surface area contributed by atoms with Gasteiger partial charge in [0.25, 0.3) is 0 Å². The molecule has 0 fully saturated rings. The van der Waals surface area contributed by atoms with Gasteiger partial charge in [-0.05, 0) is 30.1 Å². The second kappa shape index (κ2) is 11.5. The first-order valence-corrected chi connectivity index (χ1v) is 9.06. The van der Waals surface area contributed by atoms with Crippen LogP contribution in [0, 0.1) is 17.3 Å². The van der Waals surface area contributed by atoms with Crippen LogP contribution in [0.25, 0.3) is 0 Å². The number of hydrogen-bond donors (Lipinski definition) is 0. The fraction of sp³-hybridized carbons (Fsp3) is 0.895. The van der Waals surface area contributed by atoms with Crippen molar-refractivity contribution in [1.29, 1.82) is 0 Å². The number of carbonyl (C=O) groups is 2. The molecule has 0 heterocycles. The Hall–Kier alpha value is -1.06. The number of unbranched alkanes of at least 4 members (excludes halogenated alkanes) is 1. The Morgan fingerprint density at radius 1 is 0.870 bits per heavy atom. The van der Waals surface area contributed by atoms with Gasteiger partial charge in [-0.1, -0.05) is 54.4 Å². The number of carbonyl (C=O) groups excluding carboxylic acids is 2. The predicted octanol–water partition coefficient (Wildman–Crippen LogP) is 4.75. The molecule has 0 spiro atoms. The van der Waals surface area contributed by atoms with Crippen LogP contribution in [0.15, 0.2) is 0 Å².